The summed E-state index contributed by atoms with van der Waals surface area (Å²) >= 11 is 0. The number of aromatic nitrogens is 2. The fourth-order valence-electron chi connectivity index (χ4n) is 6.49. The summed E-state index contributed by atoms with van der Waals surface area (Å²) in [6.45, 7) is 8.03. The molecule has 0 fully saturated rings. The number of aromatic carboxylic acids is 2. The van der Waals surface area contributed by atoms with Crippen molar-refractivity contribution in [1.82, 2.24) is 9.97 Å². The van der Waals surface area contributed by atoms with Gasteiger partial charge in [-0.1, -0.05) is 131 Å². The molecule has 2 N–H and O–H groups in total. The van der Waals surface area contributed by atoms with E-state index in [9.17, 15) is 19.8 Å². The van der Waals surface area contributed by atoms with Crippen LogP contribution >= 0.6 is 0 Å². The number of hydrogen-bond donors (Lipinski definition) is 2. The minimum Gasteiger partial charge on any atom is -0.478 e. The van der Waals surface area contributed by atoms with Crippen LogP contribution in [0.3, 0.4) is 0 Å². The van der Waals surface area contributed by atoms with Crippen LogP contribution in [-0.2, 0) is 0 Å². The SMILES string of the molecule is Cc1ccc(-c2ccc(-c3cc(C(=O)O)c4cc(C)ccc4n3)cc2)cc1.Cc1ccc(-c2ccc(-c3cc(C(=O)O)c4cc(C)ccc4n3)cc2)cc1. The lowest BCUT2D eigenvalue weighted by Crippen LogP contribution is -2.00. The van der Waals surface area contributed by atoms with Crippen LogP contribution in [0.4, 0.5) is 0 Å². The number of carboxylic acid groups (broad SMARTS) is 2. The third kappa shape index (κ3) is 7.64. The Morgan fingerprint density at radius 2 is 0.648 bits per heavy atom. The summed E-state index contributed by atoms with van der Waals surface area (Å²) in [5.41, 5.74) is 14.1. The molecule has 0 saturated carbocycles. The van der Waals surface area contributed by atoms with Crippen molar-refractivity contribution in [3.63, 3.8) is 0 Å². The average Bonchev–Trinajstić information content (AvgIpc) is 3.18. The zero-order chi connectivity index (χ0) is 37.9. The van der Waals surface area contributed by atoms with E-state index in [4.69, 9.17) is 0 Å². The molecule has 8 aromatic rings. The molecule has 54 heavy (non-hydrogen) atoms. The standard InChI is InChI=1S/2C24H19NO2/c2*1-15-3-6-17(7-4-15)18-8-10-19(11-9-18)23-14-21(24(26)27)20-13-16(2)5-12-22(20)25-23/h2*3-14H,1-2H3,(H,26,27). The predicted octanol–water partition coefficient (Wildman–Crippen LogP) is 11.8. The summed E-state index contributed by atoms with van der Waals surface area (Å²) in [6, 6.07) is 47.6. The predicted molar refractivity (Wildman–Crippen MR) is 218 cm³/mol. The van der Waals surface area contributed by atoms with Gasteiger partial charge in [0.05, 0.1) is 33.5 Å². The summed E-state index contributed by atoms with van der Waals surface area (Å²) in [5.74, 6) is -1.88. The van der Waals surface area contributed by atoms with E-state index in [-0.39, 0.29) is 11.1 Å². The van der Waals surface area contributed by atoms with Crippen molar-refractivity contribution >= 4 is 33.7 Å². The van der Waals surface area contributed by atoms with Gasteiger partial charge in [0, 0.05) is 21.9 Å². The highest BCUT2D eigenvalue weighted by molar-refractivity contribution is 6.05. The van der Waals surface area contributed by atoms with E-state index in [1.165, 1.54) is 11.1 Å². The number of nitrogens with zero attached hydrogens (tertiary/aromatic N) is 2. The second-order valence-corrected chi connectivity index (χ2v) is 13.6. The molecule has 0 unspecified atom stereocenters. The number of rotatable bonds is 6. The van der Waals surface area contributed by atoms with Gasteiger partial charge in [0.2, 0.25) is 0 Å². The number of pyridine rings is 2. The first kappa shape index (κ1) is 35.5. The monoisotopic (exact) mass is 706 g/mol. The first-order chi connectivity index (χ1) is 26.0. The lowest BCUT2D eigenvalue weighted by Gasteiger charge is -2.09. The Hall–Kier alpha value is -6.92. The second kappa shape index (κ2) is 15.0. The second-order valence-electron chi connectivity index (χ2n) is 13.6. The molecular weight excluding hydrogens is 669 g/mol. The van der Waals surface area contributed by atoms with Gasteiger partial charge in [0.15, 0.2) is 0 Å². The van der Waals surface area contributed by atoms with Crippen molar-refractivity contribution in [2.24, 2.45) is 0 Å². The highest BCUT2D eigenvalue weighted by Crippen LogP contribution is 2.30. The normalized spacial score (nSPS) is 10.9. The van der Waals surface area contributed by atoms with Crippen LogP contribution < -0.4 is 0 Å². The van der Waals surface area contributed by atoms with E-state index in [0.717, 1.165) is 44.5 Å². The molecule has 2 aromatic heterocycles. The van der Waals surface area contributed by atoms with Crippen molar-refractivity contribution in [3.8, 4) is 44.8 Å². The van der Waals surface area contributed by atoms with Gasteiger partial charge in [0.25, 0.3) is 0 Å². The Morgan fingerprint density at radius 1 is 0.370 bits per heavy atom. The zero-order valence-corrected chi connectivity index (χ0v) is 30.5. The Labute approximate surface area is 314 Å². The molecule has 0 saturated heterocycles. The largest absolute Gasteiger partial charge is 0.478 e. The summed E-state index contributed by atoms with van der Waals surface area (Å²) in [4.78, 5) is 32.9. The molecule has 0 aliphatic heterocycles. The number of fused-ring (bicyclic) bond motifs is 2. The van der Waals surface area contributed by atoms with E-state index >= 15 is 0 Å². The highest BCUT2D eigenvalue weighted by Gasteiger charge is 2.15. The summed E-state index contributed by atoms with van der Waals surface area (Å²) in [7, 11) is 0. The summed E-state index contributed by atoms with van der Waals surface area (Å²) in [5, 5.41) is 20.6. The average molecular weight is 707 g/mol. The zero-order valence-electron chi connectivity index (χ0n) is 30.5. The molecule has 0 amide bonds. The van der Waals surface area contributed by atoms with Gasteiger partial charge in [-0.25, -0.2) is 19.6 Å². The molecular formula is C48H38N2O4. The van der Waals surface area contributed by atoms with Gasteiger partial charge in [-0.3, -0.25) is 0 Å². The number of carboxylic acids is 2. The van der Waals surface area contributed by atoms with Crippen LogP contribution in [0.15, 0.2) is 146 Å². The fraction of sp³-hybridized carbons (Fsp3) is 0.0833. The molecule has 8 rings (SSSR count). The van der Waals surface area contributed by atoms with Gasteiger partial charge in [-0.05, 0) is 86.3 Å². The van der Waals surface area contributed by atoms with Crippen LogP contribution in [-0.4, -0.2) is 32.1 Å². The molecule has 0 bridgehead atoms. The Bertz CT molecular complexity index is 2480. The van der Waals surface area contributed by atoms with E-state index in [1.807, 2.05) is 98.8 Å². The van der Waals surface area contributed by atoms with Crippen LogP contribution in [0.1, 0.15) is 43.0 Å². The van der Waals surface area contributed by atoms with E-state index in [1.54, 1.807) is 12.1 Å². The Kier molecular flexibility index (Phi) is 9.84. The quantitative estimate of drug-likeness (QED) is 0.178. The minimum absolute atomic E-state index is 0.279. The molecule has 0 spiro atoms. The van der Waals surface area contributed by atoms with Crippen molar-refractivity contribution in [1.29, 1.82) is 0 Å². The summed E-state index contributed by atoms with van der Waals surface area (Å²) < 4.78 is 0. The van der Waals surface area contributed by atoms with Gasteiger partial charge < -0.3 is 10.2 Å². The Balaban J connectivity index is 0.000000167. The maximum Gasteiger partial charge on any atom is 0.336 e. The molecule has 6 aromatic carbocycles. The van der Waals surface area contributed by atoms with Crippen molar-refractivity contribution in [3.05, 3.63) is 179 Å². The van der Waals surface area contributed by atoms with Gasteiger partial charge in [-0.15, -0.1) is 0 Å². The van der Waals surface area contributed by atoms with E-state index in [2.05, 4.69) is 72.3 Å². The van der Waals surface area contributed by atoms with E-state index in [0.29, 0.717) is 33.2 Å². The van der Waals surface area contributed by atoms with Gasteiger partial charge >= 0.3 is 11.9 Å². The number of aryl methyl sites for hydroxylation is 4. The topological polar surface area (TPSA) is 100 Å². The van der Waals surface area contributed by atoms with Crippen LogP contribution in [0.2, 0.25) is 0 Å². The molecule has 0 radical (unpaired) electrons. The number of benzene rings is 6. The smallest absolute Gasteiger partial charge is 0.336 e. The molecule has 2 heterocycles. The molecule has 6 nitrogen and oxygen atoms in total. The van der Waals surface area contributed by atoms with Crippen molar-refractivity contribution < 1.29 is 19.8 Å². The van der Waals surface area contributed by atoms with Crippen LogP contribution in [0, 0.1) is 27.7 Å². The minimum atomic E-state index is -0.939. The number of carbonyl (C=O) groups is 2. The number of hydrogen-bond acceptors (Lipinski definition) is 4. The molecule has 6 heteroatoms. The van der Waals surface area contributed by atoms with Crippen LogP contribution in [0.5, 0.6) is 0 Å². The van der Waals surface area contributed by atoms with Gasteiger partial charge in [0.1, 0.15) is 0 Å². The van der Waals surface area contributed by atoms with Crippen LogP contribution in [0.25, 0.3) is 66.6 Å². The van der Waals surface area contributed by atoms with E-state index < -0.39 is 11.9 Å². The third-order valence-electron chi connectivity index (χ3n) is 9.52. The molecule has 0 atom stereocenters. The third-order valence-corrected chi connectivity index (χ3v) is 9.52. The molecule has 0 aliphatic carbocycles. The molecule has 264 valence electrons. The lowest BCUT2D eigenvalue weighted by atomic mass is 9.99. The summed E-state index contributed by atoms with van der Waals surface area (Å²) in [6.07, 6.45) is 0. The molecule has 0 aliphatic rings. The first-order valence-electron chi connectivity index (χ1n) is 17.7. The van der Waals surface area contributed by atoms with Crippen molar-refractivity contribution in [2.75, 3.05) is 0 Å². The highest BCUT2D eigenvalue weighted by atomic mass is 16.4. The fourth-order valence-corrected chi connectivity index (χ4v) is 6.49. The lowest BCUT2D eigenvalue weighted by molar-refractivity contribution is 0.0688. The van der Waals surface area contributed by atoms with Crippen molar-refractivity contribution in [2.45, 2.75) is 27.7 Å². The maximum absolute atomic E-state index is 11.7. The maximum atomic E-state index is 11.7. The first-order valence-corrected chi connectivity index (χ1v) is 17.7. The Morgan fingerprint density at radius 3 is 0.963 bits per heavy atom. The van der Waals surface area contributed by atoms with Gasteiger partial charge in [-0.2, -0.15) is 0 Å².